The highest BCUT2D eigenvalue weighted by Gasteiger charge is 2.10. The van der Waals surface area contributed by atoms with Crippen molar-refractivity contribution < 1.29 is 9.09 Å². The van der Waals surface area contributed by atoms with Crippen LogP contribution in [0.5, 0.6) is 0 Å². The van der Waals surface area contributed by atoms with Crippen LogP contribution in [0, 0.1) is 0 Å². The molecular weight excluding hydrogens is 266 g/mol. The fourth-order valence-corrected chi connectivity index (χ4v) is 1.25. The first-order valence-electron chi connectivity index (χ1n) is 6.32. The minimum atomic E-state index is -1.15. The molecule has 0 nitrogen and oxygen atoms in total. The molecule has 0 bridgehead atoms. The molecule has 0 aliphatic rings. The van der Waals surface area contributed by atoms with E-state index in [2.05, 4.69) is 39.5 Å². The lowest BCUT2D eigenvalue weighted by molar-refractivity contribution is 0.390. The van der Waals surface area contributed by atoms with Gasteiger partial charge in [0.25, 0.3) is 0 Å². The monoisotopic (exact) mass is 290 g/mol. The Kier molecular flexibility index (Phi) is 10.6. The minimum Gasteiger partial charge on any atom is -0.269 e. The highest BCUT2D eigenvalue weighted by molar-refractivity contribution is 5.48. The SMILES string of the molecule is C=CCC(F)C(=C)C(=C)/C=C\C(=C)C(=C)/C=C\C(=C)C.F. The van der Waals surface area contributed by atoms with Gasteiger partial charge in [-0.2, -0.15) is 0 Å². The van der Waals surface area contributed by atoms with Crippen LogP contribution in [0.2, 0.25) is 0 Å². The van der Waals surface area contributed by atoms with E-state index in [-0.39, 0.29) is 11.1 Å². The normalized spacial score (nSPS) is 11.7. The second-order valence-electron chi connectivity index (χ2n) is 4.61. The van der Waals surface area contributed by atoms with Crippen LogP contribution in [-0.2, 0) is 0 Å². The lowest BCUT2D eigenvalue weighted by Crippen LogP contribution is -2.02. The first-order chi connectivity index (χ1) is 9.29. The number of allylic oxidation sites excluding steroid dienone is 10. The summed E-state index contributed by atoms with van der Waals surface area (Å²) in [4.78, 5) is 0. The standard InChI is InChI=1S/C19H23F.FH/c1-8-9-19(20)18(7)17(6)13-12-16(5)15(4)11-10-14(2)3;/h8,10-13,19H,1-2,4-7,9H2,3H3;1H/b11-10-,13-12-;. The summed E-state index contributed by atoms with van der Waals surface area (Å²) in [5, 5.41) is 0. The molecule has 0 spiro atoms. The van der Waals surface area contributed by atoms with E-state index in [1.165, 1.54) is 6.08 Å². The van der Waals surface area contributed by atoms with Crippen LogP contribution >= 0.6 is 0 Å². The van der Waals surface area contributed by atoms with Gasteiger partial charge in [-0.3, -0.25) is 4.70 Å². The molecular formula is C19H24F2. The Balaban J connectivity index is 0. The Morgan fingerprint density at radius 2 is 1.33 bits per heavy atom. The van der Waals surface area contributed by atoms with Crippen molar-refractivity contribution in [2.45, 2.75) is 19.5 Å². The van der Waals surface area contributed by atoms with E-state index in [1.807, 2.05) is 19.1 Å². The highest BCUT2D eigenvalue weighted by Crippen LogP contribution is 2.19. The first kappa shape index (κ1) is 21.1. The maximum absolute atomic E-state index is 13.6. The second-order valence-corrected chi connectivity index (χ2v) is 4.61. The summed E-state index contributed by atoms with van der Waals surface area (Å²) in [5.74, 6) is 0. The van der Waals surface area contributed by atoms with Gasteiger partial charge in [-0.1, -0.05) is 68.8 Å². The smallest absolute Gasteiger partial charge is 0.129 e. The molecule has 0 N–H and O–H groups in total. The van der Waals surface area contributed by atoms with Crippen LogP contribution in [-0.4, -0.2) is 6.17 Å². The van der Waals surface area contributed by atoms with Crippen LogP contribution < -0.4 is 0 Å². The zero-order chi connectivity index (χ0) is 15.7. The maximum atomic E-state index is 13.6. The third-order valence-electron chi connectivity index (χ3n) is 2.63. The van der Waals surface area contributed by atoms with Crippen LogP contribution in [0.4, 0.5) is 9.09 Å². The first-order valence-corrected chi connectivity index (χ1v) is 6.32. The molecule has 0 aromatic heterocycles. The number of hydrogen-bond donors (Lipinski definition) is 0. The summed E-state index contributed by atoms with van der Waals surface area (Å²) in [5.41, 5.74) is 3.33. The van der Waals surface area contributed by atoms with Crippen LogP contribution in [0.1, 0.15) is 13.3 Å². The summed E-state index contributed by atoms with van der Waals surface area (Å²) in [6.07, 6.45) is 7.75. The Hall–Kier alpha value is -2.22. The van der Waals surface area contributed by atoms with Crippen LogP contribution in [0.15, 0.2) is 97.7 Å². The van der Waals surface area contributed by atoms with Crippen molar-refractivity contribution in [3.63, 3.8) is 0 Å². The van der Waals surface area contributed by atoms with Crippen LogP contribution in [0.3, 0.4) is 0 Å². The van der Waals surface area contributed by atoms with Crippen molar-refractivity contribution >= 4 is 0 Å². The van der Waals surface area contributed by atoms with Gasteiger partial charge in [0, 0.05) is 6.42 Å². The Labute approximate surface area is 127 Å². The molecule has 0 amide bonds. The molecule has 1 unspecified atom stereocenters. The van der Waals surface area contributed by atoms with E-state index in [1.54, 1.807) is 12.2 Å². The third-order valence-corrected chi connectivity index (χ3v) is 2.63. The van der Waals surface area contributed by atoms with Crippen molar-refractivity contribution in [3.8, 4) is 0 Å². The number of rotatable bonds is 9. The van der Waals surface area contributed by atoms with Gasteiger partial charge >= 0.3 is 0 Å². The number of alkyl halides is 1. The fraction of sp³-hybridized carbons (Fsp3) is 0.158. The van der Waals surface area contributed by atoms with E-state index in [0.717, 1.165) is 16.7 Å². The molecule has 0 fully saturated rings. The molecule has 0 rings (SSSR count). The molecule has 21 heavy (non-hydrogen) atoms. The lowest BCUT2D eigenvalue weighted by atomic mass is 10.0. The second kappa shape index (κ2) is 10.6. The molecule has 0 radical (unpaired) electrons. The molecule has 1 atom stereocenters. The Morgan fingerprint density at radius 1 is 0.905 bits per heavy atom. The molecule has 114 valence electrons. The quantitative estimate of drug-likeness (QED) is 0.362. The van der Waals surface area contributed by atoms with E-state index < -0.39 is 6.17 Å². The van der Waals surface area contributed by atoms with E-state index in [0.29, 0.717) is 11.1 Å². The molecule has 0 saturated heterocycles. The zero-order valence-electron chi connectivity index (χ0n) is 12.7. The average molecular weight is 290 g/mol. The van der Waals surface area contributed by atoms with E-state index >= 15 is 0 Å². The summed E-state index contributed by atoms with van der Waals surface area (Å²) < 4.78 is 13.6. The minimum absolute atomic E-state index is 0. The van der Waals surface area contributed by atoms with Gasteiger partial charge < -0.3 is 0 Å². The Morgan fingerprint density at radius 3 is 1.76 bits per heavy atom. The summed E-state index contributed by atoms with van der Waals surface area (Å²) >= 11 is 0. The largest absolute Gasteiger partial charge is 0.269 e. The summed E-state index contributed by atoms with van der Waals surface area (Å²) in [7, 11) is 0. The van der Waals surface area contributed by atoms with Crippen molar-refractivity contribution in [2.24, 2.45) is 0 Å². The zero-order valence-corrected chi connectivity index (χ0v) is 12.7. The van der Waals surface area contributed by atoms with Crippen molar-refractivity contribution in [2.75, 3.05) is 0 Å². The molecule has 0 saturated carbocycles. The maximum Gasteiger partial charge on any atom is 0.129 e. The summed E-state index contributed by atoms with van der Waals surface area (Å²) in [6.45, 7) is 24.5. The fourth-order valence-electron chi connectivity index (χ4n) is 1.25. The van der Waals surface area contributed by atoms with Gasteiger partial charge in [0.1, 0.15) is 6.17 Å². The van der Waals surface area contributed by atoms with Gasteiger partial charge in [-0.25, -0.2) is 4.39 Å². The van der Waals surface area contributed by atoms with Crippen molar-refractivity contribution in [3.05, 3.63) is 97.7 Å². The van der Waals surface area contributed by atoms with E-state index in [4.69, 9.17) is 0 Å². The predicted octanol–water partition coefficient (Wildman–Crippen LogP) is 5.97. The average Bonchev–Trinajstić information content (AvgIpc) is 2.40. The number of hydrogen-bond acceptors (Lipinski definition) is 0. The van der Waals surface area contributed by atoms with Gasteiger partial charge in [-0.15, -0.1) is 6.58 Å². The van der Waals surface area contributed by atoms with Gasteiger partial charge in [-0.05, 0) is 29.2 Å². The molecule has 0 aromatic rings. The molecule has 0 heterocycles. The summed E-state index contributed by atoms with van der Waals surface area (Å²) in [6, 6.07) is 0. The molecule has 2 heteroatoms. The number of halogens is 2. The lowest BCUT2D eigenvalue weighted by Gasteiger charge is -2.09. The van der Waals surface area contributed by atoms with Gasteiger partial charge in [0.2, 0.25) is 0 Å². The molecule has 0 aliphatic heterocycles. The topological polar surface area (TPSA) is 0 Å². The molecule has 0 aromatic carbocycles. The Bertz CT molecular complexity index is 502. The van der Waals surface area contributed by atoms with Crippen LogP contribution in [0.25, 0.3) is 0 Å². The van der Waals surface area contributed by atoms with Gasteiger partial charge in [0.15, 0.2) is 0 Å². The predicted molar refractivity (Wildman–Crippen MR) is 91.9 cm³/mol. The highest BCUT2D eigenvalue weighted by atomic mass is 19.1. The molecule has 0 aliphatic carbocycles. The van der Waals surface area contributed by atoms with Crippen molar-refractivity contribution in [1.82, 2.24) is 0 Å². The third kappa shape index (κ3) is 8.53. The van der Waals surface area contributed by atoms with Crippen molar-refractivity contribution in [1.29, 1.82) is 0 Å². The van der Waals surface area contributed by atoms with Gasteiger partial charge in [0.05, 0.1) is 0 Å². The van der Waals surface area contributed by atoms with E-state index in [9.17, 15) is 4.39 Å².